The lowest BCUT2D eigenvalue weighted by Crippen LogP contribution is -2.24. The molecule has 1 N–H and O–H groups in total. The zero-order chi connectivity index (χ0) is 12.6. The summed E-state index contributed by atoms with van der Waals surface area (Å²) in [5, 5.41) is 0.00347. The standard InChI is InChI=1S/C10H11NO4S2/c12-10-5-8(16)6-11(10)7-1-3-9(4-2-7)17(13,14)15/h1-4,8,16H,5-6H2,(H,13,14,15). The minimum atomic E-state index is -4.19. The quantitative estimate of drug-likeness (QED) is 0.622. The Labute approximate surface area is 105 Å². The fraction of sp³-hybridized carbons (Fsp3) is 0.300. The van der Waals surface area contributed by atoms with E-state index in [9.17, 15) is 13.2 Å². The van der Waals surface area contributed by atoms with Crippen LogP contribution in [0.1, 0.15) is 6.42 Å². The van der Waals surface area contributed by atoms with Crippen LogP contribution in [-0.4, -0.2) is 30.7 Å². The summed E-state index contributed by atoms with van der Waals surface area (Å²) >= 11 is 4.23. The summed E-state index contributed by atoms with van der Waals surface area (Å²) in [5.41, 5.74) is 0.610. The van der Waals surface area contributed by atoms with Crippen molar-refractivity contribution in [1.29, 1.82) is 0 Å². The Balaban J connectivity index is 2.28. The van der Waals surface area contributed by atoms with E-state index in [1.54, 1.807) is 4.90 Å². The molecular formula is C10H11NO4S2. The van der Waals surface area contributed by atoms with Crippen LogP contribution >= 0.6 is 12.6 Å². The van der Waals surface area contributed by atoms with Crippen molar-refractivity contribution < 1.29 is 17.8 Å². The molecule has 1 heterocycles. The topological polar surface area (TPSA) is 74.7 Å². The Morgan fingerprint density at radius 1 is 1.29 bits per heavy atom. The van der Waals surface area contributed by atoms with Gasteiger partial charge in [0.1, 0.15) is 0 Å². The Morgan fingerprint density at radius 3 is 2.29 bits per heavy atom. The van der Waals surface area contributed by atoms with Gasteiger partial charge in [0.2, 0.25) is 5.91 Å². The van der Waals surface area contributed by atoms with E-state index in [0.29, 0.717) is 18.7 Å². The molecule has 1 aliphatic heterocycles. The number of anilines is 1. The van der Waals surface area contributed by atoms with E-state index in [4.69, 9.17) is 4.55 Å². The first-order valence-corrected chi connectivity index (χ1v) is 6.89. The molecule has 92 valence electrons. The first-order chi connectivity index (χ1) is 7.88. The number of thiol groups is 1. The van der Waals surface area contributed by atoms with Crippen LogP contribution in [0.3, 0.4) is 0 Å². The van der Waals surface area contributed by atoms with Crippen molar-refractivity contribution in [2.45, 2.75) is 16.6 Å². The van der Waals surface area contributed by atoms with E-state index in [1.807, 2.05) is 0 Å². The monoisotopic (exact) mass is 273 g/mol. The van der Waals surface area contributed by atoms with Crippen molar-refractivity contribution in [2.75, 3.05) is 11.4 Å². The zero-order valence-electron chi connectivity index (χ0n) is 8.78. The average Bonchev–Trinajstić information content (AvgIpc) is 2.57. The highest BCUT2D eigenvalue weighted by Crippen LogP contribution is 2.25. The van der Waals surface area contributed by atoms with Gasteiger partial charge >= 0.3 is 0 Å². The number of hydrogen-bond donors (Lipinski definition) is 2. The van der Waals surface area contributed by atoms with Crippen LogP contribution in [0.4, 0.5) is 5.69 Å². The molecule has 17 heavy (non-hydrogen) atoms. The lowest BCUT2D eigenvalue weighted by atomic mass is 10.3. The first kappa shape index (κ1) is 12.4. The molecule has 1 aromatic rings. The van der Waals surface area contributed by atoms with Crippen LogP contribution < -0.4 is 4.90 Å². The van der Waals surface area contributed by atoms with Crippen molar-refractivity contribution >= 4 is 34.3 Å². The Morgan fingerprint density at radius 2 is 1.88 bits per heavy atom. The summed E-state index contributed by atoms with van der Waals surface area (Å²) in [4.78, 5) is 12.9. The first-order valence-electron chi connectivity index (χ1n) is 4.94. The molecule has 1 aromatic carbocycles. The maximum Gasteiger partial charge on any atom is 0.294 e. The van der Waals surface area contributed by atoms with Crippen LogP contribution in [0, 0.1) is 0 Å². The number of carbonyl (C=O) groups is 1. The van der Waals surface area contributed by atoms with Crippen molar-refractivity contribution in [2.24, 2.45) is 0 Å². The minimum Gasteiger partial charge on any atom is -0.311 e. The van der Waals surface area contributed by atoms with Gasteiger partial charge < -0.3 is 4.90 Å². The van der Waals surface area contributed by atoms with Crippen molar-refractivity contribution in [3.8, 4) is 0 Å². The van der Waals surface area contributed by atoms with Crippen molar-refractivity contribution in [1.82, 2.24) is 0 Å². The van der Waals surface area contributed by atoms with Crippen LogP contribution in [0.2, 0.25) is 0 Å². The van der Waals surface area contributed by atoms with Gasteiger partial charge in [0.05, 0.1) is 4.90 Å². The maximum absolute atomic E-state index is 11.6. The number of nitrogens with zero attached hydrogens (tertiary/aromatic N) is 1. The second-order valence-electron chi connectivity index (χ2n) is 3.83. The lowest BCUT2D eigenvalue weighted by molar-refractivity contribution is -0.117. The highest BCUT2D eigenvalue weighted by Gasteiger charge is 2.28. The number of amides is 1. The van der Waals surface area contributed by atoms with Gasteiger partial charge in [-0.05, 0) is 24.3 Å². The summed E-state index contributed by atoms with van der Waals surface area (Å²) in [5.74, 6) is -0.0374. The second kappa shape index (κ2) is 4.32. The number of carbonyl (C=O) groups excluding carboxylic acids is 1. The molecule has 0 bridgehead atoms. The van der Waals surface area contributed by atoms with Crippen LogP contribution in [0.25, 0.3) is 0 Å². The molecule has 0 aromatic heterocycles. The maximum atomic E-state index is 11.6. The Hall–Kier alpha value is -1.05. The molecule has 1 unspecified atom stereocenters. The van der Waals surface area contributed by atoms with E-state index in [1.165, 1.54) is 24.3 Å². The van der Waals surface area contributed by atoms with E-state index >= 15 is 0 Å². The number of rotatable bonds is 2. The fourth-order valence-electron chi connectivity index (χ4n) is 1.74. The molecule has 2 rings (SSSR count). The highest BCUT2D eigenvalue weighted by molar-refractivity contribution is 7.85. The van der Waals surface area contributed by atoms with Crippen molar-refractivity contribution in [3.63, 3.8) is 0 Å². The molecule has 0 aliphatic carbocycles. The number of benzene rings is 1. The molecule has 0 spiro atoms. The molecule has 5 nitrogen and oxygen atoms in total. The summed E-state index contributed by atoms with van der Waals surface area (Å²) < 4.78 is 30.5. The molecule has 1 amide bonds. The molecule has 1 fully saturated rings. The Bertz CT molecular complexity index is 538. The second-order valence-corrected chi connectivity index (χ2v) is 5.98. The van der Waals surface area contributed by atoms with Crippen LogP contribution in [0.5, 0.6) is 0 Å². The van der Waals surface area contributed by atoms with Crippen molar-refractivity contribution in [3.05, 3.63) is 24.3 Å². The zero-order valence-corrected chi connectivity index (χ0v) is 10.5. The molecule has 0 saturated carbocycles. The molecule has 1 aliphatic rings. The van der Waals surface area contributed by atoms with E-state index < -0.39 is 10.1 Å². The third kappa shape index (κ3) is 2.62. The van der Waals surface area contributed by atoms with Gasteiger partial charge in [-0.15, -0.1) is 0 Å². The third-order valence-corrected chi connectivity index (χ3v) is 3.76. The van der Waals surface area contributed by atoms with Gasteiger partial charge in [-0.2, -0.15) is 21.0 Å². The third-order valence-electron chi connectivity index (χ3n) is 2.55. The molecule has 1 atom stereocenters. The van der Waals surface area contributed by atoms with Crippen LogP contribution in [0.15, 0.2) is 29.2 Å². The van der Waals surface area contributed by atoms with E-state index in [0.717, 1.165) is 0 Å². The fourth-order valence-corrected chi connectivity index (χ4v) is 2.54. The van der Waals surface area contributed by atoms with Gasteiger partial charge in [-0.1, -0.05) is 0 Å². The molecular weight excluding hydrogens is 262 g/mol. The lowest BCUT2D eigenvalue weighted by Gasteiger charge is -2.15. The van der Waals surface area contributed by atoms with Gasteiger partial charge in [-0.25, -0.2) is 0 Å². The van der Waals surface area contributed by atoms with E-state index in [-0.39, 0.29) is 16.1 Å². The van der Waals surface area contributed by atoms with Crippen LogP contribution in [-0.2, 0) is 14.9 Å². The average molecular weight is 273 g/mol. The minimum absolute atomic E-state index is 0.00347. The van der Waals surface area contributed by atoms with Gasteiger partial charge in [-0.3, -0.25) is 9.35 Å². The summed E-state index contributed by atoms with van der Waals surface area (Å²) in [7, 11) is -4.19. The SMILES string of the molecule is O=C1CC(S)CN1c1ccc(S(=O)(=O)O)cc1. The van der Waals surface area contributed by atoms with Gasteiger partial charge in [0, 0.05) is 23.9 Å². The predicted molar refractivity (Wildman–Crippen MR) is 66.0 cm³/mol. The number of hydrogen-bond acceptors (Lipinski definition) is 4. The smallest absolute Gasteiger partial charge is 0.294 e. The summed E-state index contributed by atoms with van der Waals surface area (Å²) in [6.07, 6.45) is 0.378. The molecule has 1 saturated heterocycles. The predicted octanol–water partition coefficient (Wildman–Crippen LogP) is 0.968. The Kier molecular flexibility index (Phi) is 3.15. The normalized spacial score (nSPS) is 20.9. The largest absolute Gasteiger partial charge is 0.311 e. The highest BCUT2D eigenvalue weighted by atomic mass is 32.2. The molecule has 0 radical (unpaired) electrons. The van der Waals surface area contributed by atoms with Gasteiger partial charge in [0.15, 0.2) is 0 Å². The van der Waals surface area contributed by atoms with Gasteiger partial charge in [0.25, 0.3) is 10.1 Å². The summed E-state index contributed by atoms with van der Waals surface area (Å²) in [6.45, 7) is 0.507. The van der Waals surface area contributed by atoms with E-state index in [2.05, 4.69) is 12.6 Å². The summed E-state index contributed by atoms with van der Waals surface area (Å²) in [6, 6.07) is 5.52. The molecule has 7 heteroatoms.